The normalized spacial score (nSPS) is 12.7. The molecule has 0 spiro atoms. The fraction of sp³-hybridized carbons (Fsp3) is 0.895. The summed E-state index contributed by atoms with van der Waals surface area (Å²) in [6, 6.07) is 0. The Morgan fingerprint density at radius 2 is 1.07 bits per heavy atom. The topological polar surface area (TPSA) is 105 Å². The standard InChI is InChI=1S/C19H38N2O4.2ClH/c1-14(2)8-16(12-20)10-18(22)24-6-5-7-25-19(23)11-17(13-21)9-15(3)4;;/h14-17H,5-13,20-21H2,1-4H3;2*1H/t16-,17-;;/m0../s1. The third-order valence-corrected chi connectivity index (χ3v) is 4.00. The molecule has 0 radical (unpaired) electrons. The smallest absolute Gasteiger partial charge is 0.306 e. The average Bonchev–Trinajstić information content (AvgIpc) is 2.52. The third-order valence-electron chi connectivity index (χ3n) is 4.00. The highest BCUT2D eigenvalue weighted by Gasteiger charge is 2.16. The second-order valence-corrected chi connectivity index (χ2v) is 7.67. The molecule has 164 valence electrons. The Hall–Kier alpha value is -0.560. The van der Waals surface area contributed by atoms with Gasteiger partial charge in [0.2, 0.25) is 0 Å². The molecule has 0 aliphatic heterocycles. The van der Waals surface area contributed by atoms with E-state index in [0.717, 1.165) is 12.8 Å². The number of hydrogen-bond acceptors (Lipinski definition) is 6. The first-order chi connectivity index (χ1) is 11.8. The van der Waals surface area contributed by atoms with E-state index in [1.807, 2.05) is 0 Å². The Morgan fingerprint density at radius 1 is 0.741 bits per heavy atom. The molecule has 0 saturated carbocycles. The average molecular weight is 431 g/mol. The molecular weight excluding hydrogens is 391 g/mol. The number of nitrogens with two attached hydrogens (primary N) is 2. The van der Waals surface area contributed by atoms with Crippen molar-refractivity contribution >= 4 is 36.8 Å². The van der Waals surface area contributed by atoms with Gasteiger partial charge < -0.3 is 20.9 Å². The fourth-order valence-corrected chi connectivity index (χ4v) is 2.88. The third kappa shape index (κ3) is 18.6. The molecule has 0 unspecified atom stereocenters. The SMILES string of the molecule is CC(C)C[C@H](CN)CC(=O)OCCCOC(=O)C[C@@H](CN)CC(C)C.Cl.Cl. The zero-order valence-electron chi connectivity index (χ0n) is 17.3. The van der Waals surface area contributed by atoms with Gasteiger partial charge in [-0.2, -0.15) is 0 Å². The minimum atomic E-state index is -0.234. The quantitative estimate of drug-likeness (QED) is 0.323. The maximum Gasteiger partial charge on any atom is 0.306 e. The molecule has 0 aromatic rings. The van der Waals surface area contributed by atoms with Crippen LogP contribution in [0.5, 0.6) is 0 Å². The number of ether oxygens (including phenoxy) is 2. The maximum absolute atomic E-state index is 11.8. The Kier molecular flexibility index (Phi) is 21.7. The molecule has 0 amide bonds. The molecule has 0 aliphatic rings. The summed E-state index contributed by atoms with van der Waals surface area (Å²) in [4.78, 5) is 23.6. The van der Waals surface area contributed by atoms with Gasteiger partial charge in [-0.1, -0.05) is 27.7 Å². The zero-order valence-corrected chi connectivity index (χ0v) is 18.9. The van der Waals surface area contributed by atoms with Gasteiger partial charge in [-0.05, 0) is 49.6 Å². The molecule has 0 bridgehead atoms. The molecule has 0 fully saturated rings. The lowest BCUT2D eigenvalue weighted by atomic mass is 9.94. The van der Waals surface area contributed by atoms with Crippen LogP contribution in [-0.2, 0) is 19.1 Å². The predicted octanol–water partition coefficient (Wildman–Crippen LogP) is 3.33. The van der Waals surface area contributed by atoms with Crippen molar-refractivity contribution in [2.24, 2.45) is 35.1 Å². The Morgan fingerprint density at radius 3 is 1.33 bits per heavy atom. The summed E-state index contributed by atoms with van der Waals surface area (Å²) in [6.45, 7) is 9.94. The summed E-state index contributed by atoms with van der Waals surface area (Å²) >= 11 is 0. The summed E-state index contributed by atoms with van der Waals surface area (Å²) in [6.07, 6.45) is 3.04. The highest BCUT2D eigenvalue weighted by molar-refractivity contribution is 5.85. The summed E-state index contributed by atoms with van der Waals surface area (Å²) in [5.74, 6) is 0.881. The summed E-state index contributed by atoms with van der Waals surface area (Å²) in [7, 11) is 0. The number of esters is 2. The lowest BCUT2D eigenvalue weighted by molar-refractivity contribution is -0.147. The van der Waals surface area contributed by atoms with Crippen molar-refractivity contribution in [1.29, 1.82) is 0 Å². The monoisotopic (exact) mass is 430 g/mol. The lowest BCUT2D eigenvalue weighted by Gasteiger charge is -2.16. The Balaban J connectivity index is -0.00000288. The van der Waals surface area contributed by atoms with Crippen molar-refractivity contribution in [3.63, 3.8) is 0 Å². The van der Waals surface area contributed by atoms with Gasteiger partial charge in [0.25, 0.3) is 0 Å². The lowest BCUT2D eigenvalue weighted by Crippen LogP contribution is -2.22. The van der Waals surface area contributed by atoms with Gasteiger partial charge in [0.1, 0.15) is 0 Å². The van der Waals surface area contributed by atoms with Crippen LogP contribution in [0.4, 0.5) is 0 Å². The van der Waals surface area contributed by atoms with Crippen molar-refractivity contribution in [2.45, 2.75) is 59.8 Å². The number of hydrogen-bond donors (Lipinski definition) is 2. The zero-order chi connectivity index (χ0) is 19.2. The van der Waals surface area contributed by atoms with E-state index in [2.05, 4.69) is 27.7 Å². The number of halogens is 2. The van der Waals surface area contributed by atoms with Gasteiger partial charge in [0.05, 0.1) is 13.2 Å². The van der Waals surface area contributed by atoms with E-state index >= 15 is 0 Å². The predicted molar refractivity (Wildman–Crippen MR) is 114 cm³/mol. The van der Waals surface area contributed by atoms with Crippen molar-refractivity contribution in [2.75, 3.05) is 26.3 Å². The maximum atomic E-state index is 11.8. The van der Waals surface area contributed by atoms with Crippen LogP contribution in [0, 0.1) is 23.7 Å². The van der Waals surface area contributed by atoms with Crippen LogP contribution in [0.1, 0.15) is 59.8 Å². The second kappa shape index (κ2) is 18.8. The van der Waals surface area contributed by atoms with Crippen molar-refractivity contribution in [3.05, 3.63) is 0 Å². The molecule has 0 aromatic heterocycles. The van der Waals surface area contributed by atoms with Crippen LogP contribution >= 0.6 is 24.8 Å². The van der Waals surface area contributed by atoms with Crippen LogP contribution in [0.25, 0.3) is 0 Å². The van der Waals surface area contributed by atoms with E-state index in [4.69, 9.17) is 20.9 Å². The molecule has 0 rings (SSSR count). The number of carbonyl (C=O) groups excluding carboxylic acids is 2. The van der Waals surface area contributed by atoms with Crippen LogP contribution in [-0.4, -0.2) is 38.2 Å². The van der Waals surface area contributed by atoms with Gasteiger partial charge >= 0.3 is 11.9 Å². The molecule has 0 aliphatic carbocycles. The number of carbonyl (C=O) groups is 2. The van der Waals surface area contributed by atoms with Crippen molar-refractivity contribution in [3.8, 4) is 0 Å². The Labute approximate surface area is 177 Å². The molecule has 8 heteroatoms. The van der Waals surface area contributed by atoms with Crippen LogP contribution < -0.4 is 11.5 Å². The van der Waals surface area contributed by atoms with E-state index < -0.39 is 0 Å². The number of rotatable bonds is 14. The summed E-state index contributed by atoms with van der Waals surface area (Å²) in [5, 5.41) is 0. The minimum absolute atomic E-state index is 0. The van der Waals surface area contributed by atoms with E-state index in [0.29, 0.717) is 44.2 Å². The fourth-order valence-electron chi connectivity index (χ4n) is 2.88. The van der Waals surface area contributed by atoms with Gasteiger partial charge in [-0.15, -0.1) is 24.8 Å². The van der Waals surface area contributed by atoms with Gasteiger partial charge in [0, 0.05) is 19.3 Å². The Bertz CT molecular complexity index is 349. The van der Waals surface area contributed by atoms with Crippen LogP contribution in [0.3, 0.4) is 0 Å². The molecular formula is C19H40Cl2N2O4. The highest BCUT2D eigenvalue weighted by Crippen LogP contribution is 2.16. The largest absolute Gasteiger partial charge is 0.466 e. The van der Waals surface area contributed by atoms with E-state index in [1.165, 1.54) is 0 Å². The van der Waals surface area contributed by atoms with Crippen LogP contribution in [0.15, 0.2) is 0 Å². The highest BCUT2D eigenvalue weighted by atomic mass is 35.5. The molecule has 6 nitrogen and oxygen atoms in total. The van der Waals surface area contributed by atoms with E-state index in [9.17, 15) is 9.59 Å². The molecule has 4 N–H and O–H groups in total. The molecule has 0 aromatic carbocycles. The van der Waals surface area contributed by atoms with Crippen LogP contribution in [0.2, 0.25) is 0 Å². The molecule has 2 atom stereocenters. The van der Waals surface area contributed by atoms with Gasteiger partial charge in [0.15, 0.2) is 0 Å². The van der Waals surface area contributed by atoms with Crippen molar-refractivity contribution in [1.82, 2.24) is 0 Å². The summed E-state index contributed by atoms with van der Waals surface area (Å²) < 4.78 is 10.4. The molecule has 27 heavy (non-hydrogen) atoms. The van der Waals surface area contributed by atoms with E-state index in [1.54, 1.807) is 0 Å². The first-order valence-electron chi connectivity index (χ1n) is 9.49. The minimum Gasteiger partial charge on any atom is -0.466 e. The van der Waals surface area contributed by atoms with E-state index in [-0.39, 0.29) is 61.8 Å². The molecule has 0 saturated heterocycles. The first-order valence-corrected chi connectivity index (χ1v) is 9.49. The van der Waals surface area contributed by atoms with Gasteiger partial charge in [-0.25, -0.2) is 0 Å². The second-order valence-electron chi connectivity index (χ2n) is 7.67. The molecule has 0 heterocycles. The first kappa shape index (κ1) is 31.1. The van der Waals surface area contributed by atoms with Crippen molar-refractivity contribution < 1.29 is 19.1 Å². The summed E-state index contributed by atoms with van der Waals surface area (Å²) in [5.41, 5.74) is 11.4. The van der Waals surface area contributed by atoms with Gasteiger partial charge in [-0.3, -0.25) is 9.59 Å².